The molecule has 0 saturated heterocycles. The second-order valence-electron chi connectivity index (χ2n) is 5.31. The van der Waals surface area contributed by atoms with Crippen molar-refractivity contribution < 1.29 is 13.9 Å². The third-order valence-electron chi connectivity index (χ3n) is 3.57. The third kappa shape index (κ3) is 4.61. The number of hydrogen-bond acceptors (Lipinski definition) is 7. The van der Waals surface area contributed by atoms with Crippen molar-refractivity contribution in [3.8, 4) is 17.2 Å². The van der Waals surface area contributed by atoms with E-state index in [1.807, 2.05) is 28.8 Å². The molecule has 0 amide bonds. The first-order valence-electron chi connectivity index (χ1n) is 7.88. The van der Waals surface area contributed by atoms with Gasteiger partial charge in [-0.3, -0.25) is 0 Å². The van der Waals surface area contributed by atoms with Crippen LogP contribution in [0.2, 0.25) is 0 Å². The van der Waals surface area contributed by atoms with Crippen LogP contribution in [0, 0.1) is 0 Å². The van der Waals surface area contributed by atoms with Crippen LogP contribution in [0.5, 0.6) is 5.75 Å². The van der Waals surface area contributed by atoms with Gasteiger partial charge in [-0.05, 0) is 30.7 Å². The fourth-order valence-electron chi connectivity index (χ4n) is 2.27. The van der Waals surface area contributed by atoms with Crippen molar-refractivity contribution in [1.82, 2.24) is 19.7 Å². The maximum absolute atomic E-state index is 5.58. The summed E-state index contributed by atoms with van der Waals surface area (Å²) in [6, 6.07) is 7.62. The minimum atomic E-state index is 0.597. The predicted octanol–water partition coefficient (Wildman–Crippen LogP) is 3.27. The van der Waals surface area contributed by atoms with Crippen LogP contribution in [0.15, 0.2) is 46.4 Å². The van der Waals surface area contributed by atoms with Crippen LogP contribution in [-0.4, -0.2) is 40.6 Å². The highest BCUT2D eigenvalue weighted by molar-refractivity contribution is 7.98. The SMILES string of the molecule is COCCCn1cnnc1SCc1coc(-c2ccc(OC)cc2)n1. The molecule has 0 aliphatic carbocycles. The maximum atomic E-state index is 5.58. The number of ether oxygens (including phenoxy) is 2. The zero-order valence-corrected chi connectivity index (χ0v) is 15.0. The summed E-state index contributed by atoms with van der Waals surface area (Å²) in [5, 5.41) is 9.00. The minimum absolute atomic E-state index is 0.597. The number of oxazole rings is 1. The number of benzene rings is 1. The number of thioether (sulfide) groups is 1. The van der Waals surface area contributed by atoms with E-state index in [0.29, 0.717) is 11.6 Å². The van der Waals surface area contributed by atoms with E-state index in [4.69, 9.17) is 13.9 Å². The zero-order chi connectivity index (χ0) is 17.5. The molecule has 0 N–H and O–H groups in total. The van der Waals surface area contributed by atoms with Crippen molar-refractivity contribution in [3.05, 3.63) is 42.5 Å². The summed E-state index contributed by atoms with van der Waals surface area (Å²) in [7, 11) is 3.34. The number of methoxy groups -OCH3 is 2. The Morgan fingerprint density at radius 1 is 1.20 bits per heavy atom. The van der Waals surface area contributed by atoms with Gasteiger partial charge in [0.25, 0.3) is 0 Å². The first-order chi connectivity index (χ1) is 12.3. The van der Waals surface area contributed by atoms with Crippen molar-refractivity contribution in [1.29, 1.82) is 0 Å². The van der Waals surface area contributed by atoms with Crippen molar-refractivity contribution in [2.24, 2.45) is 0 Å². The molecule has 2 heterocycles. The standard InChI is InChI=1S/C17H20N4O3S/c1-22-9-3-8-21-12-18-20-17(21)25-11-14-10-24-16(19-14)13-4-6-15(23-2)7-5-13/h4-7,10,12H,3,8-9,11H2,1-2H3. The number of nitrogens with zero attached hydrogens (tertiary/aromatic N) is 4. The number of hydrogen-bond donors (Lipinski definition) is 0. The predicted molar refractivity (Wildman–Crippen MR) is 94.6 cm³/mol. The zero-order valence-electron chi connectivity index (χ0n) is 14.2. The summed E-state index contributed by atoms with van der Waals surface area (Å²) in [4.78, 5) is 4.53. The molecule has 3 rings (SSSR count). The monoisotopic (exact) mass is 360 g/mol. The fourth-order valence-corrected chi connectivity index (χ4v) is 3.09. The topological polar surface area (TPSA) is 75.2 Å². The van der Waals surface area contributed by atoms with E-state index in [9.17, 15) is 0 Å². The Hall–Kier alpha value is -2.32. The highest BCUT2D eigenvalue weighted by Crippen LogP contribution is 2.25. The third-order valence-corrected chi connectivity index (χ3v) is 4.58. The van der Waals surface area contributed by atoms with Crippen LogP contribution in [0.25, 0.3) is 11.5 Å². The van der Waals surface area contributed by atoms with Crippen molar-refractivity contribution in [2.75, 3.05) is 20.8 Å². The van der Waals surface area contributed by atoms with Gasteiger partial charge in [0.2, 0.25) is 5.89 Å². The van der Waals surface area contributed by atoms with E-state index >= 15 is 0 Å². The van der Waals surface area contributed by atoms with Gasteiger partial charge < -0.3 is 18.5 Å². The molecule has 0 fully saturated rings. The summed E-state index contributed by atoms with van der Waals surface area (Å²) in [5.74, 6) is 2.07. The molecule has 0 bridgehead atoms. The molecule has 0 aliphatic rings. The summed E-state index contributed by atoms with van der Waals surface area (Å²) in [6.45, 7) is 1.55. The van der Waals surface area contributed by atoms with Crippen LogP contribution in [0.1, 0.15) is 12.1 Å². The molecule has 0 atom stereocenters. The largest absolute Gasteiger partial charge is 0.497 e. The second-order valence-corrected chi connectivity index (χ2v) is 6.26. The Labute approximate surface area is 150 Å². The average molecular weight is 360 g/mol. The lowest BCUT2D eigenvalue weighted by atomic mass is 10.2. The molecule has 25 heavy (non-hydrogen) atoms. The quantitative estimate of drug-likeness (QED) is 0.428. The maximum Gasteiger partial charge on any atom is 0.226 e. The highest BCUT2D eigenvalue weighted by atomic mass is 32.2. The van der Waals surface area contributed by atoms with Gasteiger partial charge in [-0.15, -0.1) is 10.2 Å². The summed E-state index contributed by atoms with van der Waals surface area (Å²) in [5.41, 5.74) is 1.78. The van der Waals surface area contributed by atoms with E-state index in [-0.39, 0.29) is 0 Å². The lowest BCUT2D eigenvalue weighted by molar-refractivity contribution is 0.189. The van der Waals surface area contributed by atoms with E-state index in [1.54, 1.807) is 38.6 Å². The van der Waals surface area contributed by atoms with Gasteiger partial charge in [-0.25, -0.2) is 4.98 Å². The molecule has 2 aromatic heterocycles. The van der Waals surface area contributed by atoms with Gasteiger partial charge in [0.05, 0.1) is 12.8 Å². The molecule has 3 aromatic rings. The van der Waals surface area contributed by atoms with Crippen LogP contribution in [0.4, 0.5) is 0 Å². The van der Waals surface area contributed by atoms with E-state index in [1.165, 1.54) is 0 Å². The minimum Gasteiger partial charge on any atom is -0.497 e. The van der Waals surface area contributed by atoms with Crippen molar-refractivity contribution >= 4 is 11.8 Å². The Kier molecular flexibility index (Phi) is 6.08. The van der Waals surface area contributed by atoms with Crippen molar-refractivity contribution in [2.45, 2.75) is 23.9 Å². The number of aryl methyl sites for hydroxylation is 1. The molecule has 0 saturated carbocycles. The molecular weight excluding hydrogens is 340 g/mol. The first kappa shape index (κ1) is 17.5. The molecular formula is C17H20N4O3S. The van der Waals surface area contributed by atoms with Crippen LogP contribution < -0.4 is 4.74 Å². The van der Waals surface area contributed by atoms with Crippen molar-refractivity contribution in [3.63, 3.8) is 0 Å². The normalized spacial score (nSPS) is 11.0. The summed E-state index contributed by atoms with van der Waals surface area (Å²) in [6.07, 6.45) is 4.34. The van der Waals surface area contributed by atoms with Crippen LogP contribution in [0.3, 0.4) is 0 Å². The molecule has 7 nitrogen and oxygen atoms in total. The lowest BCUT2D eigenvalue weighted by Gasteiger charge is -2.04. The Morgan fingerprint density at radius 3 is 2.80 bits per heavy atom. The Balaban J connectivity index is 1.59. The highest BCUT2D eigenvalue weighted by Gasteiger charge is 2.10. The number of aromatic nitrogens is 4. The molecule has 0 radical (unpaired) electrons. The van der Waals surface area contributed by atoms with E-state index in [2.05, 4.69) is 15.2 Å². The average Bonchev–Trinajstić information content (AvgIpc) is 3.29. The molecule has 1 aromatic carbocycles. The summed E-state index contributed by atoms with van der Waals surface area (Å²) < 4.78 is 17.8. The number of rotatable bonds is 9. The Morgan fingerprint density at radius 2 is 2.04 bits per heavy atom. The second kappa shape index (κ2) is 8.68. The van der Waals surface area contributed by atoms with E-state index in [0.717, 1.165) is 41.7 Å². The van der Waals surface area contributed by atoms with Crippen LogP contribution >= 0.6 is 11.8 Å². The molecule has 0 aliphatic heterocycles. The molecule has 0 unspecified atom stereocenters. The Bertz CT molecular complexity index is 785. The van der Waals surface area contributed by atoms with Gasteiger partial charge in [0, 0.05) is 31.6 Å². The molecule has 132 valence electrons. The smallest absolute Gasteiger partial charge is 0.226 e. The molecule has 0 spiro atoms. The van der Waals surface area contributed by atoms with Crippen LogP contribution in [-0.2, 0) is 17.0 Å². The molecule has 8 heteroatoms. The van der Waals surface area contributed by atoms with Gasteiger partial charge in [0.15, 0.2) is 5.16 Å². The lowest BCUT2D eigenvalue weighted by Crippen LogP contribution is -2.02. The van der Waals surface area contributed by atoms with E-state index < -0.39 is 0 Å². The van der Waals surface area contributed by atoms with Gasteiger partial charge >= 0.3 is 0 Å². The van der Waals surface area contributed by atoms with Gasteiger partial charge in [-0.1, -0.05) is 11.8 Å². The van der Waals surface area contributed by atoms with Gasteiger partial charge in [-0.2, -0.15) is 0 Å². The summed E-state index contributed by atoms with van der Waals surface area (Å²) >= 11 is 1.59. The van der Waals surface area contributed by atoms with Gasteiger partial charge in [0.1, 0.15) is 18.3 Å². The first-order valence-corrected chi connectivity index (χ1v) is 8.87. The fraction of sp³-hybridized carbons (Fsp3) is 0.353.